The highest BCUT2D eigenvalue weighted by Gasteiger charge is 2.02. The third-order valence-electron chi connectivity index (χ3n) is 2.97. The highest BCUT2D eigenvalue weighted by atomic mass is 16.2. The quantitative estimate of drug-likeness (QED) is 0.808. The highest BCUT2D eigenvalue weighted by molar-refractivity contribution is 5.84. The number of hydrogen-bond donors (Lipinski definition) is 2. The summed E-state index contributed by atoms with van der Waals surface area (Å²) in [6, 6.07) is 12.8. The number of carbonyl (C=O) groups excluding carboxylic acids is 1. The van der Waals surface area contributed by atoms with E-state index in [2.05, 4.69) is 54.2 Å². The van der Waals surface area contributed by atoms with Crippen LogP contribution in [0.4, 0.5) is 0 Å². The predicted octanol–water partition coefficient (Wildman–Crippen LogP) is 2.33. The van der Waals surface area contributed by atoms with Crippen molar-refractivity contribution in [2.75, 3.05) is 7.05 Å². The van der Waals surface area contributed by atoms with Crippen LogP contribution in [0.25, 0.3) is 10.8 Å². The van der Waals surface area contributed by atoms with Gasteiger partial charge in [0.1, 0.15) is 0 Å². The van der Waals surface area contributed by atoms with Crippen LogP contribution in [-0.4, -0.2) is 13.0 Å². The Morgan fingerprint density at radius 3 is 2.61 bits per heavy atom. The minimum atomic E-state index is 0.0153. The Balaban J connectivity index is 2.10. The molecule has 3 nitrogen and oxygen atoms in total. The van der Waals surface area contributed by atoms with E-state index in [0.717, 1.165) is 6.42 Å². The smallest absolute Gasteiger partial charge is 0.234 e. The zero-order valence-corrected chi connectivity index (χ0v) is 10.8. The molecule has 3 heteroatoms. The summed E-state index contributed by atoms with van der Waals surface area (Å²) in [5.74, 6) is 0.0153. The van der Waals surface area contributed by atoms with Crippen molar-refractivity contribution in [2.24, 2.45) is 0 Å². The first kappa shape index (κ1) is 12.6. The number of hydrogen-bond acceptors (Lipinski definition) is 2. The van der Waals surface area contributed by atoms with Crippen molar-refractivity contribution >= 4 is 16.7 Å². The van der Waals surface area contributed by atoms with E-state index in [4.69, 9.17) is 0 Å². The van der Waals surface area contributed by atoms with Crippen LogP contribution < -0.4 is 10.9 Å². The predicted molar refractivity (Wildman–Crippen MR) is 74.2 cm³/mol. The molecule has 2 N–H and O–H groups in total. The number of benzene rings is 2. The van der Waals surface area contributed by atoms with Gasteiger partial charge in [0, 0.05) is 13.5 Å². The summed E-state index contributed by atoms with van der Waals surface area (Å²) in [6.07, 6.45) is 1.26. The molecule has 0 radical (unpaired) electrons. The molecule has 0 aliphatic carbocycles. The average molecular weight is 242 g/mol. The summed E-state index contributed by atoms with van der Waals surface area (Å²) in [4.78, 5) is 11.4. The molecule has 2 aromatic rings. The molecule has 0 fully saturated rings. The minimum Gasteiger partial charge on any atom is -0.292 e. The first-order chi connectivity index (χ1) is 8.69. The Bertz CT molecular complexity index is 563. The Kier molecular flexibility index (Phi) is 3.95. The van der Waals surface area contributed by atoms with Gasteiger partial charge in [0.25, 0.3) is 0 Å². The lowest BCUT2D eigenvalue weighted by Crippen LogP contribution is -2.34. The lowest BCUT2D eigenvalue weighted by Gasteiger charge is -2.05. The van der Waals surface area contributed by atoms with Gasteiger partial charge in [-0.25, -0.2) is 5.43 Å². The first-order valence-corrected chi connectivity index (χ1v) is 6.14. The van der Waals surface area contributed by atoms with Gasteiger partial charge in [-0.05, 0) is 29.7 Å². The van der Waals surface area contributed by atoms with Crippen molar-refractivity contribution in [2.45, 2.75) is 19.8 Å². The molecule has 0 aromatic heterocycles. The zero-order valence-electron chi connectivity index (χ0n) is 10.8. The van der Waals surface area contributed by atoms with E-state index in [1.54, 1.807) is 7.05 Å². The maximum absolute atomic E-state index is 11.4. The fourth-order valence-corrected chi connectivity index (χ4v) is 2.03. The molecule has 0 spiro atoms. The number of fused-ring (bicyclic) bond motifs is 1. The Morgan fingerprint density at radius 2 is 1.83 bits per heavy atom. The van der Waals surface area contributed by atoms with Gasteiger partial charge in [-0.1, -0.05) is 42.0 Å². The largest absolute Gasteiger partial charge is 0.292 e. The highest BCUT2D eigenvalue weighted by Crippen LogP contribution is 2.18. The fraction of sp³-hybridized carbons (Fsp3) is 0.267. The normalized spacial score (nSPS) is 10.6. The lowest BCUT2D eigenvalue weighted by atomic mass is 10.0. The molecule has 0 atom stereocenters. The molecular weight excluding hydrogens is 224 g/mol. The van der Waals surface area contributed by atoms with Gasteiger partial charge in [-0.2, -0.15) is 0 Å². The van der Waals surface area contributed by atoms with E-state index in [1.807, 2.05) is 0 Å². The standard InChI is InChI=1S/C15H18N2O/c1-11-3-6-14-10-12(4-7-13(14)9-11)5-8-15(18)17-16-2/h3-4,6-7,9-10,16H,5,8H2,1-2H3,(H,17,18). The summed E-state index contributed by atoms with van der Waals surface area (Å²) in [5, 5.41) is 2.48. The van der Waals surface area contributed by atoms with Gasteiger partial charge < -0.3 is 0 Å². The van der Waals surface area contributed by atoms with Crippen LogP contribution in [-0.2, 0) is 11.2 Å². The molecule has 18 heavy (non-hydrogen) atoms. The van der Waals surface area contributed by atoms with Gasteiger partial charge in [0.2, 0.25) is 5.91 Å². The van der Waals surface area contributed by atoms with Gasteiger partial charge in [-0.15, -0.1) is 0 Å². The van der Waals surface area contributed by atoms with Crippen molar-refractivity contribution in [3.8, 4) is 0 Å². The van der Waals surface area contributed by atoms with Crippen LogP contribution >= 0.6 is 0 Å². The molecule has 0 aliphatic rings. The molecule has 94 valence electrons. The SMILES string of the molecule is CNNC(=O)CCc1ccc2cc(C)ccc2c1. The second kappa shape index (κ2) is 5.65. The van der Waals surface area contributed by atoms with E-state index in [1.165, 1.54) is 21.9 Å². The van der Waals surface area contributed by atoms with Gasteiger partial charge in [0.15, 0.2) is 0 Å². The van der Waals surface area contributed by atoms with E-state index in [0.29, 0.717) is 6.42 Å². The van der Waals surface area contributed by atoms with Gasteiger partial charge in [0.05, 0.1) is 0 Å². The van der Waals surface area contributed by atoms with E-state index in [-0.39, 0.29) is 5.91 Å². The van der Waals surface area contributed by atoms with Crippen LogP contribution in [0.5, 0.6) is 0 Å². The molecular formula is C15H18N2O. The topological polar surface area (TPSA) is 41.1 Å². The maximum Gasteiger partial charge on any atom is 0.234 e. The Morgan fingerprint density at radius 1 is 1.11 bits per heavy atom. The van der Waals surface area contributed by atoms with E-state index in [9.17, 15) is 4.79 Å². The van der Waals surface area contributed by atoms with Crippen LogP contribution in [0.2, 0.25) is 0 Å². The maximum atomic E-state index is 11.4. The van der Waals surface area contributed by atoms with Crippen molar-refractivity contribution in [1.29, 1.82) is 0 Å². The molecule has 0 aliphatic heterocycles. The lowest BCUT2D eigenvalue weighted by molar-refractivity contribution is -0.121. The Hall–Kier alpha value is -1.87. The van der Waals surface area contributed by atoms with Gasteiger partial charge in [-0.3, -0.25) is 10.2 Å². The second-order valence-corrected chi connectivity index (χ2v) is 4.48. The van der Waals surface area contributed by atoms with Crippen LogP contribution in [0.15, 0.2) is 36.4 Å². The van der Waals surface area contributed by atoms with Crippen molar-refractivity contribution < 1.29 is 4.79 Å². The first-order valence-electron chi connectivity index (χ1n) is 6.14. The van der Waals surface area contributed by atoms with Gasteiger partial charge >= 0.3 is 0 Å². The molecule has 0 saturated heterocycles. The monoisotopic (exact) mass is 242 g/mol. The average Bonchev–Trinajstić information content (AvgIpc) is 2.36. The molecule has 0 saturated carbocycles. The summed E-state index contributed by atoms with van der Waals surface area (Å²) >= 11 is 0. The third-order valence-corrected chi connectivity index (χ3v) is 2.97. The summed E-state index contributed by atoms with van der Waals surface area (Å²) in [6.45, 7) is 2.09. The molecule has 2 rings (SSSR count). The minimum absolute atomic E-state index is 0.0153. The number of rotatable bonds is 4. The number of nitrogens with one attached hydrogen (secondary N) is 2. The molecule has 0 bridgehead atoms. The third kappa shape index (κ3) is 3.08. The molecule has 0 heterocycles. The van der Waals surface area contributed by atoms with Crippen molar-refractivity contribution in [3.05, 3.63) is 47.5 Å². The molecule has 2 aromatic carbocycles. The second-order valence-electron chi connectivity index (χ2n) is 4.48. The van der Waals surface area contributed by atoms with Crippen LogP contribution in [0.3, 0.4) is 0 Å². The zero-order chi connectivity index (χ0) is 13.0. The number of hydrazine groups is 1. The number of aryl methyl sites for hydroxylation is 2. The van der Waals surface area contributed by atoms with Crippen molar-refractivity contribution in [3.63, 3.8) is 0 Å². The van der Waals surface area contributed by atoms with Crippen LogP contribution in [0, 0.1) is 6.92 Å². The van der Waals surface area contributed by atoms with Crippen molar-refractivity contribution in [1.82, 2.24) is 10.9 Å². The molecule has 0 unspecified atom stereocenters. The number of carbonyl (C=O) groups is 1. The summed E-state index contributed by atoms with van der Waals surface area (Å²) in [5.41, 5.74) is 7.67. The van der Waals surface area contributed by atoms with E-state index >= 15 is 0 Å². The van der Waals surface area contributed by atoms with E-state index < -0.39 is 0 Å². The Labute approximate surface area is 107 Å². The van der Waals surface area contributed by atoms with Crippen LogP contribution in [0.1, 0.15) is 17.5 Å². The number of amides is 1. The molecule has 1 amide bonds. The summed E-state index contributed by atoms with van der Waals surface area (Å²) in [7, 11) is 1.69. The summed E-state index contributed by atoms with van der Waals surface area (Å²) < 4.78 is 0. The fourth-order valence-electron chi connectivity index (χ4n) is 2.03.